The first-order valence-electron chi connectivity index (χ1n) is 7.84. The van der Waals surface area contributed by atoms with Crippen LogP contribution in [0, 0.1) is 18.8 Å². The van der Waals surface area contributed by atoms with Gasteiger partial charge in [-0.25, -0.2) is 0 Å². The largest absolute Gasteiger partial charge is 0.357 e. The molecule has 0 aromatic carbocycles. The lowest BCUT2D eigenvalue weighted by molar-refractivity contribution is 0.549. The van der Waals surface area contributed by atoms with E-state index in [2.05, 4.69) is 63.9 Å². The highest BCUT2D eigenvalue weighted by Crippen LogP contribution is 2.24. The third-order valence-electron chi connectivity index (χ3n) is 3.43. The number of aryl methyl sites for hydroxylation is 2. The molecule has 0 amide bonds. The maximum absolute atomic E-state index is 4.62. The van der Waals surface area contributed by atoms with E-state index in [0.29, 0.717) is 11.8 Å². The van der Waals surface area contributed by atoms with Crippen molar-refractivity contribution in [1.82, 2.24) is 15.1 Å². The van der Waals surface area contributed by atoms with E-state index < -0.39 is 0 Å². The maximum atomic E-state index is 4.62. The van der Waals surface area contributed by atoms with Crippen molar-refractivity contribution in [2.45, 2.75) is 48.1 Å². The Labute approximate surface area is 124 Å². The Morgan fingerprint density at radius 3 is 2.35 bits per heavy atom. The highest BCUT2D eigenvalue weighted by atomic mass is 15.4. The van der Waals surface area contributed by atoms with Gasteiger partial charge in [0.2, 0.25) is 0 Å². The summed E-state index contributed by atoms with van der Waals surface area (Å²) in [4.78, 5) is 2.44. The van der Waals surface area contributed by atoms with Crippen LogP contribution in [0.5, 0.6) is 0 Å². The van der Waals surface area contributed by atoms with Crippen LogP contribution < -0.4 is 10.2 Å². The zero-order chi connectivity index (χ0) is 15.3. The quantitative estimate of drug-likeness (QED) is 0.795. The van der Waals surface area contributed by atoms with E-state index in [1.54, 1.807) is 0 Å². The minimum atomic E-state index is 0.654. The summed E-state index contributed by atoms with van der Waals surface area (Å²) in [5, 5.41) is 8.17. The Hall–Kier alpha value is -1.03. The Kier molecular flexibility index (Phi) is 6.53. The lowest BCUT2D eigenvalue weighted by Crippen LogP contribution is -2.31. The number of hydrogen-bond donors (Lipinski definition) is 1. The molecule has 0 spiro atoms. The second-order valence-corrected chi connectivity index (χ2v) is 6.47. The molecule has 0 saturated carbocycles. The molecular weight excluding hydrogens is 248 g/mol. The molecule has 0 saturated heterocycles. The topological polar surface area (TPSA) is 33.1 Å². The summed E-state index contributed by atoms with van der Waals surface area (Å²) >= 11 is 0. The molecule has 0 bridgehead atoms. The Morgan fingerprint density at radius 1 is 1.20 bits per heavy atom. The zero-order valence-corrected chi connectivity index (χ0v) is 14.3. The molecule has 0 unspecified atom stereocenters. The van der Waals surface area contributed by atoms with E-state index in [-0.39, 0.29) is 0 Å². The second-order valence-electron chi connectivity index (χ2n) is 6.47. The molecule has 4 nitrogen and oxygen atoms in total. The zero-order valence-electron chi connectivity index (χ0n) is 14.3. The van der Waals surface area contributed by atoms with Gasteiger partial charge in [-0.3, -0.25) is 4.68 Å². The number of anilines is 1. The fraction of sp³-hybridized carbons (Fsp3) is 0.812. The van der Waals surface area contributed by atoms with Crippen molar-refractivity contribution in [1.29, 1.82) is 0 Å². The van der Waals surface area contributed by atoms with E-state index in [4.69, 9.17) is 0 Å². The molecule has 0 aliphatic rings. The Morgan fingerprint density at radius 2 is 1.85 bits per heavy atom. The first kappa shape index (κ1) is 17.0. The molecular formula is C16H32N4. The van der Waals surface area contributed by atoms with Crippen molar-refractivity contribution >= 4 is 5.82 Å². The van der Waals surface area contributed by atoms with Gasteiger partial charge >= 0.3 is 0 Å². The number of nitrogens with zero attached hydrogens (tertiary/aromatic N) is 3. The summed E-state index contributed by atoms with van der Waals surface area (Å²) in [6.45, 7) is 17.4. The smallest absolute Gasteiger partial charge is 0.131 e. The van der Waals surface area contributed by atoms with Gasteiger partial charge in [0, 0.05) is 32.2 Å². The number of nitrogens with one attached hydrogen (secondary N) is 1. The molecule has 0 fully saturated rings. The molecule has 0 aliphatic carbocycles. The average Bonchev–Trinajstić information content (AvgIpc) is 2.61. The minimum absolute atomic E-state index is 0.654. The van der Waals surface area contributed by atoms with Gasteiger partial charge in [0.15, 0.2) is 0 Å². The normalized spacial score (nSPS) is 11.7. The number of hydrogen-bond acceptors (Lipinski definition) is 3. The maximum Gasteiger partial charge on any atom is 0.131 e. The molecule has 1 aromatic rings. The van der Waals surface area contributed by atoms with E-state index in [1.807, 2.05) is 4.68 Å². The molecule has 1 aromatic heterocycles. The van der Waals surface area contributed by atoms with Crippen LogP contribution in [0.1, 0.15) is 45.9 Å². The predicted molar refractivity (Wildman–Crippen MR) is 87.2 cm³/mol. The fourth-order valence-electron chi connectivity index (χ4n) is 2.58. The van der Waals surface area contributed by atoms with Crippen molar-refractivity contribution in [2.24, 2.45) is 18.9 Å². The average molecular weight is 280 g/mol. The molecule has 0 radical (unpaired) electrons. The summed E-state index contributed by atoms with van der Waals surface area (Å²) in [5.74, 6) is 2.60. The van der Waals surface area contributed by atoms with Gasteiger partial charge in [-0.1, -0.05) is 27.7 Å². The van der Waals surface area contributed by atoms with Crippen LogP contribution in [0.15, 0.2) is 0 Å². The standard InChI is InChI=1S/C16H32N4/c1-8-20(11-13(4)5)16-15(10-17-9-12(2)3)14(6)18-19(16)7/h12-13,17H,8-11H2,1-7H3. The van der Waals surface area contributed by atoms with Crippen molar-refractivity contribution in [3.63, 3.8) is 0 Å². The predicted octanol–water partition coefficient (Wildman–Crippen LogP) is 2.96. The van der Waals surface area contributed by atoms with Gasteiger partial charge in [-0.2, -0.15) is 5.10 Å². The van der Waals surface area contributed by atoms with Gasteiger partial charge in [0.05, 0.1) is 5.69 Å². The van der Waals surface area contributed by atoms with E-state index in [9.17, 15) is 0 Å². The van der Waals surface area contributed by atoms with Crippen LogP contribution in [0.4, 0.5) is 5.82 Å². The van der Waals surface area contributed by atoms with Gasteiger partial charge in [0.25, 0.3) is 0 Å². The van der Waals surface area contributed by atoms with Crippen LogP contribution in [0.3, 0.4) is 0 Å². The van der Waals surface area contributed by atoms with Gasteiger partial charge < -0.3 is 10.2 Å². The van der Waals surface area contributed by atoms with Crippen LogP contribution in [-0.4, -0.2) is 29.4 Å². The van der Waals surface area contributed by atoms with Crippen molar-refractivity contribution in [2.75, 3.05) is 24.5 Å². The molecule has 0 atom stereocenters. The minimum Gasteiger partial charge on any atom is -0.357 e. The van der Waals surface area contributed by atoms with Crippen LogP contribution in [-0.2, 0) is 13.6 Å². The van der Waals surface area contributed by atoms with Gasteiger partial charge in [0.1, 0.15) is 5.82 Å². The summed E-state index contributed by atoms with van der Waals surface area (Å²) in [6, 6.07) is 0. The monoisotopic (exact) mass is 280 g/mol. The summed E-state index contributed by atoms with van der Waals surface area (Å²) < 4.78 is 2.04. The third-order valence-corrected chi connectivity index (χ3v) is 3.43. The highest BCUT2D eigenvalue weighted by molar-refractivity contribution is 5.50. The van der Waals surface area contributed by atoms with Crippen molar-refractivity contribution < 1.29 is 0 Å². The lowest BCUT2D eigenvalue weighted by Gasteiger charge is -2.26. The second kappa shape index (κ2) is 7.67. The van der Waals surface area contributed by atoms with E-state index in [1.165, 1.54) is 11.4 Å². The molecule has 1 rings (SSSR count). The highest BCUT2D eigenvalue weighted by Gasteiger charge is 2.18. The molecule has 4 heteroatoms. The van der Waals surface area contributed by atoms with E-state index in [0.717, 1.165) is 31.9 Å². The molecule has 116 valence electrons. The van der Waals surface area contributed by atoms with Crippen LogP contribution in [0.2, 0.25) is 0 Å². The molecule has 1 heterocycles. The number of rotatable bonds is 8. The van der Waals surface area contributed by atoms with Crippen LogP contribution >= 0.6 is 0 Å². The molecule has 0 aliphatic heterocycles. The third kappa shape index (κ3) is 4.51. The first-order valence-corrected chi connectivity index (χ1v) is 7.84. The summed E-state index contributed by atoms with van der Waals surface area (Å²) in [7, 11) is 2.05. The summed E-state index contributed by atoms with van der Waals surface area (Å²) in [6.07, 6.45) is 0. The van der Waals surface area contributed by atoms with Crippen molar-refractivity contribution in [3.05, 3.63) is 11.3 Å². The number of aromatic nitrogens is 2. The molecule has 1 N–H and O–H groups in total. The van der Waals surface area contributed by atoms with Crippen LogP contribution in [0.25, 0.3) is 0 Å². The van der Waals surface area contributed by atoms with Gasteiger partial charge in [-0.05, 0) is 32.2 Å². The Balaban J connectivity index is 2.92. The SMILES string of the molecule is CCN(CC(C)C)c1c(CNCC(C)C)c(C)nn1C. The molecule has 20 heavy (non-hydrogen) atoms. The van der Waals surface area contributed by atoms with Gasteiger partial charge in [-0.15, -0.1) is 0 Å². The fourth-order valence-corrected chi connectivity index (χ4v) is 2.58. The summed E-state index contributed by atoms with van der Waals surface area (Å²) in [5.41, 5.74) is 2.48. The van der Waals surface area contributed by atoms with E-state index >= 15 is 0 Å². The van der Waals surface area contributed by atoms with Crippen molar-refractivity contribution in [3.8, 4) is 0 Å². The lowest BCUT2D eigenvalue weighted by atomic mass is 10.1. The Bertz CT molecular complexity index is 407. The first-order chi connectivity index (χ1) is 9.36.